The Morgan fingerprint density at radius 3 is 2.86 bits per heavy atom. The highest BCUT2D eigenvalue weighted by atomic mass is 19.4. The fourth-order valence-electron chi connectivity index (χ4n) is 3.49. The molecule has 2 aromatic heterocycles. The second-order valence-electron chi connectivity index (χ2n) is 7.09. The summed E-state index contributed by atoms with van der Waals surface area (Å²) in [7, 11) is 0. The van der Waals surface area contributed by atoms with Gasteiger partial charge in [0.15, 0.2) is 11.9 Å². The fraction of sp³-hybridized carbons (Fsp3) is 0.350. The Balaban J connectivity index is 1.66. The maximum Gasteiger partial charge on any atom is 0.415 e. The minimum absolute atomic E-state index is 0.0368. The number of morpholine rings is 1. The van der Waals surface area contributed by atoms with E-state index in [2.05, 4.69) is 15.2 Å². The average molecular weight is 404 g/mol. The van der Waals surface area contributed by atoms with Crippen LogP contribution in [-0.2, 0) is 11.3 Å². The Morgan fingerprint density at radius 2 is 2.17 bits per heavy atom. The molecular formula is C20H19F3N4O2. The van der Waals surface area contributed by atoms with E-state index in [9.17, 15) is 18.0 Å². The first-order valence-electron chi connectivity index (χ1n) is 9.16. The number of hydrogen-bond acceptors (Lipinski definition) is 5. The first-order valence-corrected chi connectivity index (χ1v) is 9.16. The third-order valence-electron chi connectivity index (χ3n) is 4.97. The topological polar surface area (TPSA) is 71.1 Å². The predicted molar refractivity (Wildman–Crippen MR) is 100 cm³/mol. The minimum atomic E-state index is -4.38. The maximum absolute atomic E-state index is 13.0. The number of nitrogens with one attached hydrogen (secondary N) is 1. The van der Waals surface area contributed by atoms with Crippen LogP contribution < -0.4 is 0 Å². The number of nitrogens with zero attached hydrogens (tertiary/aromatic N) is 3. The van der Waals surface area contributed by atoms with E-state index in [1.807, 2.05) is 18.2 Å². The van der Waals surface area contributed by atoms with Crippen LogP contribution in [0.4, 0.5) is 13.2 Å². The van der Waals surface area contributed by atoms with Gasteiger partial charge in [-0.05, 0) is 23.3 Å². The SMILES string of the molecule is CC(=O)c1cc(-c2cn[nH]c2)c2ccc(CN3CCO[C@@H](C(F)(F)F)C3)cc2n1. The van der Waals surface area contributed by atoms with E-state index < -0.39 is 12.3 Å². The van der Waals surface area contributed by atoms with Gasteiger partial charge in [-0.3, -0.25) is 14.8 Å². The lowest BCUT2D eigenvalue weighted by atomic mass is 10.0. The van der Waals surface area contributed by atoms with Crippen molar-refractivity contribution in [3.05, 3.63) is 47.9 Å². The Hall–Kier alpha value is -2.78. The first kappa shape index (κ1) is 19.5. The molecule has 0 bridgehead atoms. The number of rotatable bonds is 4. The molecule has 9 heteroatoms. The molecule has 29 heavy (non-hydrogen) atoms. The van der Waals surface area contributed by atoms with Crippen LogP contribution in [0, 0.1) is 0 Å². The van der Waals surface area contributed by atoms with Crippen molar-refractivity contribution in [2.75, 3.05) is 19.7 Å². The highest BCUT2D eigenvalue weighted by Gasteiger charge is 2.43. The molecule has 1 N–H and O–H groups in total. The lowest BCUT2D eigenvalue weighted by Crippen LogP contribution is -2.48. The van der Waals surface area contributed by atoms with Gasteiger partial charge in [0.2, 0.25) is 0 Å². The molecule has 3 aromatic rings. The second kappa shape index (κ2) is 7.57. The van der Waals surface area contributed by atoms with Gasteiger partial charge in [-0.15, -0.1) is 0 Å². The lowest BCUT2D eigenvalue weighted by molar-refractivity contribution is -0.237. The molecule has 1 fully saturated rings. The summed E-state index contributed by atoms with van der Waals surface area (Å²) in [6.07, 6.45) is -2.75. The highest BCUT2D eigenvalue weighted by Crippen LogP contribution is 2.30. The summed E-state index contributed by atoms with van der Waals surface area (Å²) in [4.78, 5) is 18.1. The molecule has 1 atom stereocenters. The molecule has 0 radical (unpaired) electrons. The van der Waals surface area contributed by atoms with Gasteiger partial charge in [0.05, 0.1) is 18.3 Å². The van der Waals surface area contributed by atoms with Crippen LogP contribution in [-0.4, -0.2) is 57.8 Å². The van der Waals surface area contributed by atoms with Gasteiger partial charge in [-0.25, -0.2) is 4.98 Å². The molecule has 1 aliphatic heterocycles. The first-order chi connectivity index (χ1) is 13.8. The van der Waals surface area contributed by atoms with Crippen LogP contribution in [0.5, 0.6) is 0 Å². The van der Waals surface area contributed by atoms with E-state index in [1.54, 1.807) is 23.4 Å². The summed E-state index contributed by atoms with van der Waals surface area (Å²) in [5, 5.41) is 7.56. The predicted octanol–water partition coefficient (Wildman–Crippen LogP) is 3.59. The quantitative estimate of drug-likeness (QED) is 0.673. The van der Waals surface area contributed by atoms with Crippen molar-refractivity contribution >= 4 is 16.7 Å². The second-order valence-corrected chi connectivity index (χ2v) is 7.09. The van der Waals surface area contributed by atoms with Crippen molar-refractivity contribution in [1.29, 1.82) is 0 Å². The smallest absolute Gasteiger partial charge is 0.366 e. The number of H-pyrrole nitrogens is 1. The van der Waals surface area contributed by atoms with Crippen LogP contribution >= 0.6 is 0 Å². The van der Waals surface area contributed by atoms with E-state index in [0.717, 1.165) is 22.1 Å². The average Bonchev–Trinajstić information content (AvgIpc) is 3.21. The van der Waals surface area contributed by atoms with Crippen molar-refractivity contribution in [2.45, 2.75) is 25.7 Å². The Labute approximate surface area is 164 Å². The number of aromatic nitrogens is 3. The van der Waals surface area contributed by atoms with Gasteiger partial charge in [0.25, 0.3) is 0 Å². The van der Waals surface area contributed by atoms with Crippen molar-refractivity contribution in [2.24, 2.45) is 0 Å². The van der Waals surface area contributed by atoms with Gasteiger partial charge >= 0.3 is 6.18 Å². The number of aromatic amines is 1. The van der Waals surface area contributed by atoms with E-state index in [1.165, 1.54) is 6.92 Å². The molecule has 0 amide bonds. The minimum Gasteiger partial charge on any atom is -0.366 e. The zero-order chi connectivity index (χ0) is 20.6. The largest absolute Gasteiger partial charge is 0.415 e. The van der Waals surface area contributed by atoms with Crippen LogP contribution in [0.1, 0.15) is 23.0 Å². The molecule has 0 unspecified atom stereocenters. The molecule has 0 saturated carbocycles. The number of carbonyl (C=O) groups excluding carboxylic acids is 1. The van der Waals surface area contributed by atoms with E-state index in [-0.39, 0.29) is 18.9 Å². The molecule has 1 aromatic carbocycles. The van der Waals surface area contributed by atoms with Gasteiger partial charge in [0.1, 0.15) is 5.69 Å². The van der Waals surface area contributed by atoms with Gasteiger partial charge in [-0.1, -0.05) is 12.1 Å². The standard InChI is InChI=1S/C20H19F3N4O2/c1-12(28)17-7-16(14-8-24-25-9-14)15-3-2-13(6-18(15)26-17)10-27-4-5-29-19(11-27)20(21,22)23/h2-3,6-9,19H,4-5,10-11H2,1H3,(H,24,25)/t19-/m1/s1. The number of ketones is 1. The highest BCUT2D eigenvalue weighted by molar-refractivity contribution is 6.01. The van der Waals surface area contributed by atoms with Crippen LogP contribution in [0.2, 0.25) is 0 Å². The normalized spacial score (nSPS) is 18.3. The Bertz CT molecular complexity index is 1030. The Morgan fingerprint density at radius 1 is 1.34 bits per heavy atom. The third kappa shape index (κ3) is 4.15. The molecule has 1 saturated heterocycles. The zero-order valence-corrected chi connectivity index (χ0v) is 15.7. The van der Waals surface area contributed by atoms with E-state index in [4.69, 9.17) is 4.74 Å². The molecule has 6 nitrogen and oxygen atoms in total. The van der Waals surface area contributed by atoms with Crippen molar-refractivity contribution in [3.8, 4) is 11.1 Å². The number of Topliss-reactive ketones (excluding diaryl/α,β-unsaturated/α-hetero) is 1. The molecule has 3 heterocycles. The molecule has 0 spiro atoms. The number of ether oxygens (including phenoxy) is 1. The van der Waals surface area contributed by atoms with Gasteiger partial charge in [0, 0.05) is 43.7 Å². The number of benzene rings is 1. The maximum atomic E-state index is 13.0. The summed E-state index contributed by atoms with van der Waals surface area (Å²) >= 11 is 0. The van der Waals surface area contributed by atoms with Gasteiger partial charge < -0.3 is 4.74 Å². The third-order valence-corrected chi connectivity index (χ3v) is 4.97. The number of fused-ring (bicyclic) bond motifs is 1. The van der Waals surface area contributed by atoms with Gasteiger partial charge in [-0.2, -0.15) is 18.3 Å². The van der Waals surface area contributed by atoms with Crippen LogP contribution in [0.15, 0.2) is 36.7 Å². The monoisotopic (exact) mass is 404 g/mol. The summed E-state index contributed by atoms with van der Waals surface area (Å²) in [6.45, 7) is 2.05. The van der Waals surface area contributed by atoms with E-state index >= 15 is 0 Å². The number of halogens is 3. The summed E-state index contributed by atoms with van der Waals surface area (Å²) in [5.74, 6) is -0.164. The lowest BCUT2D eigenvalue weighted by Gasteiger charge is -2.33. The number of pyridine rings is 1. The molecular weight excluding hydrogens is 385 g/mol. The van der Waals surface area contributed by atoms with Crippen LogP contribution in [0.25, 0.3) is 22.0 Å². The summed E-state index contributed by atoms with van der Waals surface area (Å²) in [5.41, 5.74) is 3.42. The molecule has 1 aliphatic rings. The Kier molecular flexibility index (Phi) is 5.10. The number of hydrogen-bond donors (Lipinski definition) is 1. The van der Waals surface area contributed by atoms with Crippen molar-refractivity contribution < 1.29 is 22.7 Å². The molecule has 0 aliphatic carbocycles. The summed E-state index contributed by atoms with van der Waals surface area (Å²) < 4.78 is 43.7. The molecule has 4 rings (SSSR count). The van der Waals surface area contributed by atoms with Crippen LogP contribution in [0.3, 0.4) is 0 Å². The molecule has 152 valence electrons. The summed E-state index contributed by atoms with van der Waals surface area (Å²) in [6, 6.07) is 7.30. The van der Waals surface area contributed by atoms with Crippen molar-refractivity contribution in [1.82, 2.24) is 20.1 Å². The van der Waals surface area contributed by atoms with E-state index in [0.29, 0.717) is 24.3 Å². The zero-order valence-electron chi connectivity index (χ0n) is 15.7. The fourth-order valence-corrected chi connectivity index (χ4v) is 3.49. The number of carbonyl (C=O) groups is 1. The van der Waals surface area contributed by atoms with Crippen molar-refractivity contribution in [3.63, 3.8) is 0 Å². The number of alkyl halides is 3.